The summed E-state index contributed by atoms with van der Waals surface area (Å²) in [5, 5.41) is 0. The van der Waals surface area contributed by atoms with Crippen molar-refractivity contribution in [3.63, 3.8) is 0 Å². The van der Waals surface area contributed by atoms with E-state index in [9.17, 15) is 0 Å². The lowest BCUT2D eigenvalue weighted by atomic mass is 14.0. The lowest BCUT2D eigenvalue weighted by molar-refractivity contribution is 0.823. The van der Waals surface area contributed by atoms with Crippen LogP contribution in [0.4, 0.5) is 0 Å². The van der Waals surface area contributed by atoms with Crippen LogP contribution in [0.15, 0.2) is 0 Å². The van der Waals surface area contributed by atoms with Gasteiger partial charge in [-0.15, -0.1) is 0 Å². The average Bonchev–Trinajstić information content (AvgIpc) is 0. The number of hydrogen-bond donors (Lipinski definition) is 1. The summed E-state index contributed by atoms with van der Waals surface area (Å²) < 4.78 is 0. The molecule has 0 unspecified atom stereocenters. The Balaban J connectivity index is 0. The molecule has 0 saturated carbocycles. The van der Waals surface area contributed by atoms with Crippen molar-refractivity contribution < 1.29 is 11.0 Å². The van der Waals surface area contributed by atoms with Gasteiger partial charge in [0.15, 0.2) is 0 Å². The molecule has 0 aliphatic carbocycles. The minimum absolute atomic E-state index is 0. The average molecular weight is 85.2 g/mol. The lowest BCUT2D eigenvalue weighted by Gasteiger charge is -0.413. The maximum atomic E-state index is 0. The number of rotatable bonds is 0. The smallest absolute Gasteiger partial charge is 0.0149 e. The third-order valence-corrected chi connectivity index (χ3v) is 0. The molecule has 0 atom stereocenters. The highest BCUT2D eigenvalue weighted by molar-refractivity contribution is 5.75. The summed E-state index contributed by atoms with van der Waals surface area (Å²) in [4.78, 5) is 0. The molecule has 7 N–H and O–H groups in total. The van der Waals surface area contributed by atoms with E-state index in [0.29, 0.717) is 0 Å². The van der Waals surface area contributed by atoms with Gasteiger partial charge in [-0.3, -0.25) is 0 Å². The first-order chi connectivity index (χ1) is 0. The van der Waals surface area contributed by atoms with Gasteiger partial charge in [-0.25, -0.2) is 0 Å². The van der Waals surface area contributed by atoms with Crippen molar-refractivity contribution in [2.24, 2.45) is 0 Å². The predicted octanol–water partition coefficient (Wildman–Crippen LogP) is -2.94. The second-order valence-corrected chi connectivity index (χ2v) is 0. The highest BCUT2D eigenvalue weighted by atomic mass is 28.1. The fourth-order valence-electron chi connectivity index (χ4n) is 0. The number of hydrogen-bond acceptors (Lipinski definition) is 1. The molecule has 0 rings (SSSR count). The van der Waals surface area contributed by atoms with E-state index >= 15 is 0 Å². The van der Waals surface area contributed by atoms with Crippen LogP contribution in [0.2, 0.25) is 0 Å². The lowest BCUT2D eigenvalue weighted by Crippen LogP contribution is -0.481. The molecule has 3 nitrogen and oxygen atoms in total. The second-order valence-electron chi connectivity index (χ2n) is 0. The highest BCUT2D eigenvalue weighted by Gasteiger charge is -0.0148. The van der Waals surface area contributed by atoms with Gasteiger partial charge in [-0.05, 0) is 11.0 Å². The molecule has 0 aromatic rings. The largest absolute Gasteiger partial charge is 0.412 e. The van der Waals surface area contributed by atoms with E-state index in [2.05, 4.69) is 0 Å². The predicted molar refractivity (Wildman–Crippen MR) is 23.6 cm³/mol. The zero-order chi connectivity index (χ0) is 0. The Hall–Kier alpha value is 0.0969. The van der Waals surface area contributed by atoms with Crippen LogP contribution in [0, 0.1) is 0 Å². The molecule has 0 amide bonds. The van der Waals surface area contributed by atoms with Crippen molar-refractivity contribution >= 4 is 11.0 Å². The van der Waals surface area contributed by atoms with E-state index in [1.165, 1.54) is 0 Å². The molecule has 0 aromatic carbocycles. The van der Waals surface area contributed by atoms with Gasteiger partial charge in [-0.1, -0.05) is 0 Å². The van der Waals surface area contributed by atoms with E-state index in [1.807, 2.05) is 0 Å². The van der Waals surface area contributed by atoms with Crippen LogP contribution < -0.4 is 6.15 Å². The Morgan fingerprint density at radius 2 is 0.750 bits per heavy atom. The molecule has 0 aromatic heterocycles. The standard InChI is InChI=1S/H3N.2H2O.H4Si/h1H3;2*1H2;1H4. The zero-order valence-corrected chi connectivity index (χ0v) is 1.71. The third-order valence-electron chi connectivity index (χ3n) is 0. The molecule has 0 heterocycles. The minimum atomic E-state index is 0. The Bertz CT molecular complexity index is 6.00. The van der Waals surface area contributed by atoms with Crippen LogP contribution >= 0.6 is 0 Å². The normalized spacial score (nSPS) is 0. The van der Waals surface area contributed by atoms with Crippen LogP contribution in [0.1, 0.15) is 0 Å². The van der Waals surface area contributed by atoms with Gasteiger partial charge < -0.3 is 17.1 Å². The molecule has 0 bridgehead atoms. The first kappa shape index (κ1) is 4190. The molecule has 0 saturated heterocycles. The summed E-state index contributed by atoms with van der Waals surface area (Å²) in [5.74, 6) is 0. The van der Waals surface area contributed by atoms with Gasteiger partial charge in [-0.2, -0.15) is 0 Å². The zero-order valence-electron chi connectivity index (χ0n) is 1.71. The monoisotopic (exact) mass is 85.1 g/mol. The Labute approximate surface area is 29.2 Å². The van der Waals surface area contributed by atoms with Crippen LogP contribution in [0.3, 0.4) is 0 Å². The van der Waals surface area contributed by atoms with Gasteiger partial charge in [0.1, 0.15) is 0 Å². The van der Waals surface area contributed by atoms with Crippen LogP contribution in [-0.2, 0) is 0 Å². The summed E-state index contributed by atoms with van der Waals surface area (Å²) in [5.41, 5.74) is 0. The Morgan fingerprint density at radius 3 is 0.750 bits per heavy atom. The summed E-state index contributed by atoms with van der Waals surface area (Å²) in [6, 6.07) is 0. The maximum absolute atomic E-state index is 0. The topological polar surface area (TPSA) is 98.0 Å². The quantitative estimate of drug-likeness (QED) is 0.313. The second kappa shape index (κ2) is 1450. The summed E-state index contributed by atoms with van der Waals surface area (Å²) >= 11 is 0. The molecule has 0 aliphatic heterocycles. The Kier molecular flexibility index (Phi) is 1520000. The van der Waals surface area contributed by atoms with Crippen molar-refractivity contribution in [2.45, 2.75) is 0 Å². The van der Waals surface area contributed by atoms with E-state index in [-0.39, 0.29) is 28.1 Å². The molecule has 0 radical (unpaired) electrons. The molecule has 32 valence electrons. The van der Waals surface area contributed by atoms with Gasteiger partial charge in [0.25, 0.3) is 0 Å². The summed E-state index contributed by atoms with van der Waals surface area (Å²) in [7, 11) is 0. The molecule has 0 aliphatic rings. The molecular weight excluding hydrogens is 74.1 g/mol. The van der Waals surface area contributed by atoms with Gasteiger partial charge in [0.2, 0.25) is 0 Å². The van der Waals surface area contributed by atoms with Gasteiger partial charge >= 0.3 is 0 Å². The first-order valence-corrected chi connectivity index (χ1v) is 0. The highest BCUT2D eigenvalue weighted by Crippen LogP contribution is -0.288. The molecule has 4 heavy (non-hydrogen) atoms. The van der Waals surface area contributed by atoms with Crippen molar-refractivity contribution in [2.75, 3.05) is 0 Å². The molecule has 0 fully saturated rings. The van der Waals surface area contributed by atoms with Gasteiger partial charge in [0, 0.05) is 0 Å². The SMILES string of the molecule is N.O.O.[SiH4]. The minimum Gasteiger partial charge on any atom is -0.412 e. The summed E-state index contributed by atoms with van der Waals surface area (Å²) in [6.07, 6.45) is 0. The third kappa shape index (κ3) is 269. The van der Waals surface area contributed by atoms with Crippen LogP contribution in [0.5, 0.6) is 0 Å². The van der Waals surface area contributed by atoms with Crippen molar-refractivity contribution in [3.05, 3.63) is 0 Å². The molecule has 0 spiro atoms. The van der Waals surface area contributed by atoms with E-state index < -0.39 is 0 Å². The van der Waals surface area contributed by atoms with Crippen LogP contribution in [0.25, 0.3) is 0 Å². The fraction of sp³-hybridized carbons (Fsp3) is 0. The fourth-order valence-corrected chi connectivity index (χ4v) is 0. The van der Waals surface area contributed by atoms with Crippen molar-refractivity contribution in [3.8, 4) is 0 Å². The van der Waals surface area contributed by atoms with Crippen molar-refractivity contribution in [1.29, 1.82) is 0 Å². The molecule has 4 heteroatoms. The maximum Gasteiger partial charge on any atom is -0.0149 e. The first-order valence-electron chi connectivity index (χ1n) is 0. The van der Waals surface area contributed by atoms with E-state index in [4.69, 9.17) is 0 Å². The summed E-state index contributed by atoms with van der Waals surface area (Å²) in [6.45, 7) is 0. The Morgan fingerprint density at radius 1 is 0.750 bits per heavy atom. The molecular formula is H11NO2Si. The van der Waals surface area contributed by atoms with Crippen molar-refractivity contribution in [1.82, 2.24) is 6.15 Å². The van der Waals surface area contributed by atoms with E-state index in [0.717, 1.165) is 0 Å². The van der Waals surface area contributed by atoms with Gasteiger partial charge in [0.05, 0.1) is 0 Å². The van der Waals surface area contributed by atoms with Crippen LogP contribution in [-0.4, -0.2) is 21.9 Å². The van der Waals surface area contributed by atoms with E-state index in [1.54, 1.807) is 0 Å².